The van der Waals surface area contributed by atoms with E-state index in [1.807, 2.05) is 0 Å². The largest absolute Gasteiger partial charge is 0.468 e. The van der Waals surface area contributed by atoms with Crippen LogP contribution in [0.1, 0.15) is 20.8 Å². The lowest BCUT2D eigenvalue weighted by Crippen LogP contribution is -2.48. The van der Waals surface area contributed by atoms with Crippen LogP contribution in [0.15, 0.2) is 0 Å². The van der Waals surface area contributed by atoms with Gasteiger partial charge in [0.05, 0.1) is 12.6 Å². The van der Waals surface area contributed by atoms with Crippen LogP contribution in [0.4, 0.5) is 0 Å². The van der Waals surface area contributed by atoms with Crippen LogP contribution in [0.5, 0.6) is 0 Å². The molecule has 86 valence electrons. The zero-order valence-electron chi connectivity index (χ0n) is 9.20. The number of sulfonamides is 1. The summed E-state index contributed by atoms with van der Waals surface area (Å²) >= 11 is 0. The molecule has 0 amide bonds. The summed E-state index contributed by atoms with van der Waals surface area (Å²) in [6.45, 7) is 4.28. The van der Waals surface area contributed by atoms with Crippen LogP contribution in [0.25, 0.3) is 0 Å². The first-order chi connectivity index (χ1) is 6.66. The van der Waals surface area contributed by atoms with Crippen molar-refractivity contribution < 1.29 is 17.9 Å². The van der Waals surface area contributed by atoms with Gasteiger partial charge in [-0.1, -0.05) is 5.92 Å². The minimum Gasteiger partial charge on any atom is -0.468 e. The van der Waals surface area contributed by atoms with Crippen molar-refractivity contribution in [3.8, 4) is 12.3 Å². The standard InChI is InChI=1S/C9H15NO4S/c1-6-9(3,4)10-15(12,13)7(2)8(11)14-5/h1,7,10H,2-5H3. The molecule has 0 aliphatic heterocycles. The smallest absolute Gasteiger partial charge is 0.325 e. The Balaban J connectivity index is 4.88. The van der Waals surface area contributed by atoms with Gasteiger partial charge in [0.15, 0.2) is 5.25 Å². The molecule has 0 heterocycles. The van der Waals surface area contributed by atoms with Crippen molar-refractivity contribution in [2.24, 2.45) is 0 Å². The van der Waals surface area contributed by atoms with Gasteiger partial charge in [-0.05, 0) is 20.8 Å². The zero-order chi connectivity index (χ0) is 12.3. The van der Waals surface area contributed by atoms with Crippen LogP contribution in [0, 0.1) is 12.3 Å². The van der Waals surface area contributed by atoms with Gasteiger partial charge in [0.25, 0.3) is 0 Å². The predicted molar refractivity (Wildman–Crippen MR) is 56.4 cm³/mol. The summed E-state index contributed by atoms with van der Waals surface area (Å²) in [7, 11) is -2.68. The van der Waals surface area contributed by atoms with Gasteiger partial charge in [-0.25, -0.2) is 8.42 Å². The maximum absolute atomic E-state index is 11.6. The molecule has 15 heavy (non-hydrogen) atoms. The quantitative estimate of drug-likeness (QED) is 0.542. The van der Waals surface area contributed by atoms with Crippen molar-refractivity contribution in [1.82, 2.24) is 4.72 Å². The van der Waals surface area contributed by atoms with Crippen molar-refractivity contribution in [2.45, 2.75) is 31.6 Å². The number of terminal acetylenes is 1. The number of nitrogens with one attached hydrogen (secondary N) is 1. The third kappa shape index (κ3) is 3.90. The molecule has 0 radical (unpaired) electrons. The topological polar surface area (TPSA) is 72.5 Å². The van der Waals surface area contributed by atoms with E-state index in [0.29, 0.717) is 0 Å². The fourth-order valence-corrected chi connectivity index (χ4v) is 2.06. The third-order valence-electron chi connectivity index (χ3n) is 1.76. The summed E-state index contributed by atoms with van der Waals surface area (Å²) in [6.07, 6.45) is 5.13. The van der Waals surface area contributed by atoms with Crippen LogP contribution in [-0.4, -0.2) is 32.3 Å². The van der Waals surface area contributed by atoms with Crippen molar-refractivity contribution in [1.29, 1.82) is 0 Å². The lowest BCUT2D eigenvalue weighted by Gasteiger charge is -2.21. The Bertz CT molecular complexity index is 377. The monoisotopic (exact) mass is 233 g/mol. The Kier molecular flexibility index (Phi) is 4.31. The van der Waals surface area contributed by atoms with Crippen molar-refractivity contribution in [3.05, 3.63) is 0 Å². The molecule has 0 saturated heterocycles. The van der Waals surface area contributed by atoms with Crippen LogP contribution in [0.2, 0.25) is 0 Å². The van der Waals surface area contributed by atoms with Gasteiger partial charge < -0.3 is 4.74 Å². The van der Waals surface area contributed by atoms with Gasteiger partial charge >= 0.3 is 5.97 Å². The van der Waals surface area contributed by atoms with Gasteiger partial charge in [-0.3, -0.25) is 4.79 Å². The number of ether oxygens (including phenoxy) is 1. The maximum Gasteiger partial charge on any atom is 0.325 e. The van der Waals surface area contributed by atoms with Crippen molar-refractivity contribution in [2.75, 3.05) is 7.11 Å². The van der Waals surface area contributed by atoms with Gasteiger partial charge in [-0.2, -0.15) is 4.72 Å². The Hall–Kier alpha value is -1.06. The third-order valence-corrected chi connectivity index (χ3v) is 3.68. The number of carbonyl (C=O) groups is 1. The van der Waals surface area contributed by atoms with Gasteiger partial charge in [0.2, 0.25) is 10.0 Å². The number of esters is 1. The van der Waals surface area contributed by atoms with Crippen molar-refractivity contribution in [3.63, 3.8) is 0 Å². The minimum absolute atomic E-state index is 0.824. The second kappa shape index (κ2) is 4.64. The predicted octanol–water partition coefficient (Wildman–Crippen LogP) is -0.121. The highest BCUT2D eigenvalue weighted by Crippen LogP contribution is 2.07. The molecule has 0 spiro atoms. The molecule has 0 bridgehead atoms. The Morgan fingerprint density at radius 1 is 1.53 bits per heavy atom. The van der Waals surface area contributed by atoms with Gasteiger partial charge in [-0.15, -0.1) is 6.42 Å². The van der Waals surface area contributed by atoms with Gasteiger partial charge in [0, 0.05) is 0 Å². The van der Waals surface area contributed by atoms with Crippen LogP contribution < -0.4 is 4.72 Å². The molecule has 0 saturated carbocycles. The fourth-order valence-electron chi connectivity index (χ4n) is 0.766. The maximum atomic E-state index is 11.6. The second-order valence-corrected chi connectivity index (χ2v) is 5.58. The molecular formula is C9H15NO4S. The number of carbonyl (C=O) groups excluding carboxylic acids is 1. The Morgan fingerprint density at radius 3 is 2.33 bits per heavy atom. The molecule has 1 N–H and O–H groups in total. The first-order valence-electron chi connectivity index (χ1n) is 4.24. The van der Waals surface area contributed by atoms with E-state index in [0.717, 1.165) is 7.11 Å². The van der Waals surface area contributed by atoms with Gasteiger partial charge in [0.1, 0.15) is 0 Å². The Labute approximate surface area is 90.2 Å². The van der Waals surface area contributed by atoms with E-state index in [-0.39, 0.29) is 0 Å². The summed E-state index contributed by atoms with van der Waals surface area (Å²) in [4.78, 5) is 11.0. The molecule has 5 nitrogen and oxygen atoms in total. The Morgan fingerprint density at radius 2 is 2.00 bits per heavy atom. The van der Waals surface area contributed by atoms with E-state index < -0.39 is 26.8 Å². The summed E-state index contributed by atoms with van der Waals surface area (Å²) in [6, 6.07) is 0. The molecule has 1 atom stereocenters. The molecule has 0 aromatic heterocycles. The molecule has 0 rings (SSSR count). The molecule has 6 heteroatoms. The zero-order valence-corrected chi connectivity index (χ0v) is 10.0. The summed E-state index contributed by atoms with van der Waals surface area (Å²) in [5, 5.41) is -1.28. The highest BCUT2D eigenvalue weighted by molar-refractivity contribution is 7.90. The molecule has 1 unspecified atom stereocenters. The molecule has 0 aromatic rings. The highest BCUT2D eigenvalue weighted by Gasteiger charge is 2.33. The average molecular weight is 233 g/mol. The van der Waals surface area contributed by atoms with E-state index in [1.165, 1.54) is 20.8 Å². The lowest BCUT2D eigenvalue weighted by molar-refractivity contribution is -0.139. The number of hydrogen-bond donors (Lipinski definition) is 1. The van der Waals surface area contributed by atoms with Crippen LogP contribution in [0.3, 0.4) is 0 Å². The number of rotatable bonds is 4. The molecular weight excluding hydrogens is 218 g/mol. The average Bonchev–Trinajstić information content (AvgIpc) is 2.14. The van der Waals surface area contributed by atoms with Crippen molar-refractivity contribution >= 4 is 16.0 Å². The lowest BCUT2D eigenvalue weighted by atomic mass is 10.1. The summed E-state index contributed by atoms with van der Waals surface area (Å²) < 4.78 is 29.8. The van der Waals surface area contributed by atoms with Crippen LogP contribution >= 0.6 is 0 Å². The number of methoxy groups -OCH3 is 1. The normalized spacial score (nSPS) is 14.1. The summed E-state index contributed by atoms with van der Waals surface area (Å²) in [5.41, 5.74) is -1.03. The molecule has 0 aliphatic carbocycles. The SMILES string of the molecule is C#CC(C)(C)NS(=O)(=O)C(C)C(=O)OC. The second-order valence-electron chi connectivity index (χ2n) is 3.58. The first-order valence-corrected chi connectivity index (χ1v) is 5.79. The van der Waals surface area contributed by atoms with E-state index in [9.17, 15) is 13.2 Å². The van der Waals surface area contributed by atoms with E-state index in [2.05, 4.69) is 15.4 Å². The number of hydrogen-bond acceptors (Lipinski definition) is 4. The molecule has 0 fully saturated rings. The van der Waals surface area contributed by atoms with E-state index in [1.54, 1.807) is 0 Å². The fraction of sp³-hybridized carbons (Fsp3) is 0.667. The highest BCUT2D eigenvalue weighted by atomic mass is 32.2. The summed E-state index contributed by atoms with van der Waals surface area (Å²) in [5.74, 6) is 1.44. The van der Waals surface area contributed by atoms with E-state index >= 15 is 0 Å². The van der Waals surface area contributed by atoms with Crippen LogP contribution in [-0.2, 0) is 19.6 Å². The minimum atomic E-state index is -3.81. The molecule has 0 aliphatic rings. The molecule has 0 aromatic carbocycles. The first kappa shape index (κ1) is 13.9. The van der Waals surface area contributed by atoms with E-state index in [4.69, 9.17) is 6.42 Å².